The zero-order chi connectivity index (χ0) is 19.1. The van der Waals surface area contributed by atoms with E-state index >= 15 is 0 Å². The fourth-order valence-electron chi connectivity index (χ4n) is 2.12. The molecule has 0 aromatic heterocycles. The van der Waals surface area contributed by atoms with E-state index in [-0.39, 0.29) is 23.1 Å². The average molecular weight is 378 g/mol. The lowest BCUT2D eigenvalue weighted by Gasteiger charge is -2.15. The topological polar surface area (TPSA) is 73.9 Å². The highest BCUT2D eigenvalue weighted by molar-refractivity contribution is 6.34. The van der Waals surface area contributed by atoms with E-state index in [0.717, 1.165) is 0 Å². The lowest BCUT2D eigenvalue weighted by molar-refractivity contribution is -0.122. The van der Waals surface area contributed by atoms with E-state index < -0.39 is 12.1 Å². The number of ether oxygens (including phenoxy) is 3. The third kappa shape index (κ3) is 5.13. The molecule has 0 aliphatic heterocycles. The SMILES string of the molecule is CCOC(=O)c1ccc(NC(=O)C(C)Oc2ccc(OC)cc2)cc1Cl. The van der Waals surface area contributed by atoms with Gasteiger partial charge >= 0.3 is 5.97 Å². The molecule has 1 unspecified atom stereocenters. The van der Waals surface area contributed by atoms with Crippen LogP contribution < -0.4 is 14.8 Å². The van der Waals surface area contributed by atoms with Gasteiger partial charge in [0.1, 0.15) is 11.5 Å². The minimum atomic E-state index is -0.730. The summed E-state index contributed by atoms with van der Waals surface area (Å²) in [5, 5.41) is 2.90. The van der Waals surface area contributed by atoms with Crippen LogP contribution in [0.5, 0.6) is 11.5 Å². The number of benzene rings is 2. The number of rotatable bonds is 7. The molecular formula is C19H20ClNO5. The maximum Gasteiger partial charge on any atom is 0.339 e. The Balaban J connectivity index is 1.99. The molecule has 138 valence electrons. The Hall–Kier alpha value is -2.73. The van der Waals surface area contributed by atoms with Crippen LogP contribution in [-0.2, 0) is 9.53 Å². The number of anilines is 1. The Labute approximate surface area is 157 Å². The van der Waals surface area contributed by atoms with Crippen molar-refractivity contribution < 1.29 is 23.8 Å². The van der Waals surface area contributed by atoms with Crippen LogP contribution in [0.3, 0.4) is 0 Å². The van der Waals surface area contributed by atoms with Crippen molar-refractivity contribution in [2.75, 3.05) is 19.0 Å². The van der Waals surface area contributed by atoms with Gasteiger partial charge in [-0.2, -0.15) is 0 Å². The third-order valence-corrected chi connectivity index (χ3v) is 3.79. The van der Waals surface area contributed by atoms with Gasteiger partial charge in [-0.25, -0.2) is 4.79 Å². The molecule has 2 rings (SSSR count). The average Bonchev–Trinajstić information content (AvgIpc) is 2.62. The third-order valence-electron chi connectivity index (χ3n) is 3.47. The predicted molar refractivity (Wildman–Crippen MR) is 99.1 cm³/mol. The highest BCUT2D eigenvalue weighted by Gasteiger charge is 2.17. The molecule has 0 spiro atoms. The number of hydrogen-bond donors (Lipinski definition) is 1. The molecule has 0 aliphatic rings. The van der Waals surface area contributed by atoms with Crippen LogP contribution in [0.2, 0.25) is 5.02 Å². The summed E-state index contributed by atoms with van der Waals surface area (Å²) in [4.78, 5) is 24.0. The van der Waals surface area contributed by atoms with E-state index in [1.54, 1.807) is 51.3 Å². The van der Waals surface area contributed by atoms with Gasteiger partial charge in [0.25, 0.3) is 5.91 Å². The Morgan fingerprint density at radius 3 is 2.35 bits per heavy atom. The first-order valence-electron chi connectivity index (χ1n) is 8.02. The van der Waals surface area contributed by atoms with Crippen molar-refractivity contribution in [2.24, 2.45) is 0 Å². The predicted octanol–water partition coefficient (Wildman–Crippen LogP) is 3.93. The van der Waals surface area contributed by atoms with Gasteiger partial charge in [-0.05, 0) is 56.3 Å². The number of carbonyl (C=O) groups excluding carboxylic acids is 2. The van der Waals surface area contributed by atoms with E-state index in [0.29, 0.717) is 17.2 Å². The van der Waals surface area contributed by atoms with Gasteiger partial charge in [-0.1, -0.05) is 11.6 Å². The molecule has 2 aromatic rings. The fraction of sp³-hybridized carbons (Fsp3) is 0.263. The summed E-state index contributed by atoms with van der Waals surface area (Å²) in [6, 6.07) is 11.5. The van der Waals surface area contributed by atoms with E-state index in [4.69, 9.17) is 25.8 Å². The zero-order valence-corrected chi connectivity index (χ0v) is 15.5. The van der Waals surface area contributed by atoms with Crippen molar-refractivity contribution in [2.45, 2.75) is 20.0 Å². The molecule has 26 heavy (non-hydrogen) atoms. The number of amides is 1. The highest BCUT2D eigenvalue weighted by atomic mass is 35.5. The Morgan fingerprint density at radius 2 is 1.77 bits per heavy atom. The maximum absolute atomic E-state index is 12.3. The van der Waals surface area contributed by atoms with Gasteiger partial charge in [-0.15, -0.1) is 0 Å². The number of methoxy groups -OCH3 is 1. The summed E-state index contributed by atoms with van der Waals surface area (Å²) >= 11 is 6.09. The normalized spacial score (nSPS) is 11.4. The van der Waals surface area contributed by atoms with Crippen molar-refractivity contribution >= 4 is 29.2 Å². The van der Waals surface area contributed by atoms with Gasteiger partial charge in [0.05, 0.1) is 24.3 Å². The van der Waals surface area contributed by atoms with Crippen LogP contribution in [0.25, 0.3) is 0 Å². The fourth-order valence-corrected chi connectivity index (χ4v) is 2.38. The van der Waals surface area contributed by atoms with Crippen LogP contribution in [0.1, 0.15) is 24.2 Å². The van der Waals surface area contributed by atoms with Gasteiger partial charge in [0, 0.05) is 5.69 Å². The second kappa shape index (κ2) is 9.10. The molecule has 0 bridgehead atoms. The molecule has 0 radical (unpaired) electrons. The van der Waals surface area contributed by atoms with Gasteiger partial charge in [-0.3, -0.25) is 4.79 Å². The largest absolute Gasteiger partial charge is 0.497 e. The Kier molecular flexibility index (Phi) is 6.86. The summed E-state index contributed by atoms with van der Waals surface area (Å²) < 4.78 is 15.6. The van der Waals surface area contributed by atoms with E-state index in [1.807, 2.05) is 0 Å². The molecule has 0 saturated heterocycles. The molecule has 2 aromatic carbocycles. The Bertz CT molecular complexity index is 776. The van der Waals surface area contributed by atoms with E-state index in [1.165, 1.54) is 12.1 Å². The first-order chi connectivity index (χ1) is 12.4. The smallest absolute Gasteiger partial charge is 0.339 e. The molecule has 0 aliphatic carbocycles. The standard InChI is InChI=1S/C19H20ClNO5/c1-4-25-19(23)16-10-5-13(11-17(16)20)21-18(22)12(2)26-15-8-6-14(24-3)7-9-15/h5-12H,4H2,1-3H3,(H,21,22). The number of hydrogen-bond acceptors (Lipinski definition) is 5. The van der Waals surface area contributed by atoms with Crippen molar-refractivity contribution in [3.05, 3.63) is 53.1 Å². The quantitative estimate of drug-likeness (QED) is 0.740. The molecule has 1 N–H and O–H groups in total. The van der Waals surface area contributed by atoms with Gasteiger partial charge in [0.2, 0.25) is 0 Å². The number of halogens is 1. The van der Waals surface area contributed by atoms with Crippen molar-refractivity contribution in [3.63, 3.8) is 0 Å². The van der Waals surface area contributed by atoms with Gasteiger partial charge < -0.3 is 19.5 Å². The highest BCUT2D eigenvalue weighted by Crippen LogP contribution is 2.23. The minimum absolute atomic E-state index is 0.199. The maximum atomic E-state index is 12.3. The molecule has 0 heterocycles. The molecule has 7 heteroatoms. The minimum Gasteiger partial charge on any atom is -0.497 e. The molecular weight excluding hydrogens is 358 g/mol. The number of esters is 1. The first-order valence-corrected chi connectivity index (χ1v) is 8.40. The van der Waals surface area contributed by atoms with Crippen molar-refractivity contribution in [1.29, 1.82) is 0 Å². The monoisotopic (exact) mass is 377 g/mol. The molecule has 0 fully saturated rings. The molecule has 0 saturated carbocycles. The lowest BCUT2D eigenvalue weighted by atomic mass is 10.2. The second-order valence-corrected chi connectivity index (χ2v) is 5.75. The summed E-state index contributed by atoms with van der Waals surface area (Å²) in [5.74, 6) is 0.391. The zero-order valence-electron chi connectivity index (χ0n) is 14.7. The van der Waals surface area contributed by atoms with Crippen molar-refractivity contribution in [1.82, 2.24) is 0 Å². The van der Waals surface area contributed by atoms with Crippen LogP contribution in [0, 0.1) is 0 Å². The molecule has 6 nitrogen and oxygen atoms in total. The summed E-state index contributed by atoms with van der Waals surface area (Å²) in [5.41, 5.74) is 0.701. The van der Waals surface area contributed by atoms with E-state index in [9.17, 15) is 9.59 Å². The lowest BCUT2D eigenvalue weighted by Crippen LogP contribution is -2.30. The summed E-state index contributed by atoms with van der Waals surface area (Å²) in [6.45, 7) is 3.60. The number of nitrogens with one attached hydrogen (secondary N) is 1. The van der Waals surface area contributed by atoms with Crippen molar-refractivity contribution in [3.8, 4) is 11.5 Å². The summed E-state index contributed by atoms with van der Waals surface area (Å²) in [6.07, 6.45) is -0.730. The van der Waals surface area contributed by atoms with Crippen LogP contribution in [0.4, 0.5) is 5.69 Å². The van der Waals surface area contributed by atoms with Crippen LogP contribution in [0.15, 0.2) is 42.5 Å². The van der Waals surface area contributed by atoms with Crippen LogP contribution >= 0.6 is 11.6 Å². The molecule has 1 atom stereocenters. The van der Waals surface area contributed by atoms with Crippen LogP contribution in [-0.4, -0.2) is 31.7 Å². The van der Waals surface area contributed by atoms with E-state index in [2.05, 4.69) is 5.32 Å². The number of carbonyl (C=O) groups is 2. The summed E-state index contributed by atoms with van der Waals surface area (Å²) in [7, 11) is 1.57. The molecule has 1 amide bonds. The Morgan fingerprint density at radius 1 is 1.12 bits per heavy atom. The second-order valence-electron chi connectivity index (χ2n) is 5.34. The first kappa shape index (κ1) is 19.6. The van der Waals surface area contributed by atoms with Gasteiger partial charge in [0.15, 0.2) is 6.10 Å².